The number of carbonyl (C=O) groups is 1. The first-order valence-corrected chi connectivity index (χ1v) is 12.8. The summed E-state index contributed by atoms with van der Waals surface area (Å²) < 4.78 is 7.37. The fourth-order valence-electron chi connectivity index (χ4n) is 5.12. The highest BCUT2D eigenvalue weighted by Crippen LogP contribution is 2.25. The molecular weight excluding hydrogens is 444 g/mol. The zero-order chi connectivity index (χ0) is 24.9. The summed E-state index contributed by atoms with van der Waals surface area (Å²) >= 11 is 0. The van der Waals surface area contributed by atoms with Crippen molar-refractivity contribution in [3.05, 3.63) is 24.0 Å². The maximum Gasteiger partial charge on any atom is 0.204 e. The van der Waals surface area contributed by atoms with Crippen LogP contribution in [0.15, 0.2) is 18.2 Å². The van der Waals surface area contributed by atoms with E-state index in [1.54, 1.807) is 7.11 Å². The lowest BCUT2D eigenvalue weighted by molar-refractivity contribution is -0.127. The standard InChI is InChI=1S/C26H38N6O3/c1-17(2)24(31-14-11-19(33)12-15-31)23(34)8-6-5-7-13-27-25-26-30-29-18(3)32(26)22-10-9-20(35-4)16-21(22)28-25/h9-10,16-17,19,24,33H,5-8,11-15H2,1-4H3,(H,27,28)/t24-/m0/s1. The molecule has 2 aromatic heterocycles. The highest BCUT2D eigenvalue weighted by molar-refractivity contribution is 5.84. The van der Waals surface area contributed by atoms with Gasteiger partial charge in [-0.15, -0.1) is 10.2 Å². The van der Waals surface area contributed by atoms with E-state index in [2.05, 4.69) is 34.3 Å². The molecule has 0 saturated carbocycles. The molecule has 2 N–H and O–H groups in total. The lowest BCUT2D eigenvalue weighted by atomic mass is 9.92. The van der Waals surface area contributed by atoms with Gasteiger partial charge in [0.1, 0.15) is 17.4 Å². The van der Waals surface area contributed by atoms with Gasteiger partial charge in [-0.1, -0.05) is 20.3 Å². The minimum atomic E-state index is -0.219. The van der Waals surface area contributed by atoms with Crippen LogP contribution in [0.3, 0.4) is 0 Å². The topological polar surface area (TPSA) is 105 Å². The smallest absolute Gasteiger partial charge is 0.204 e. The fourth-order valence-corrected chi connectivity index (χ4v) is 5.12. The number of methoxy groups -OCH3 is 1. The van der Waals surface area contributed by atoms with Crippen LogP contribution in [-0.4, -0.2) is 74.3 Å². The zero-order valence-electron chi connectivity index (χ0n) is 21.3. The molecule has 1 aromatic carbocycles. The fraction of sp³-hybridized carbons (Fsp3) is 0.615. The number of anilines is 1. The Hall–Kier alpha value is -2.78. The summed E-state index contributed by atoms with van der Waals surface area (Å²) in [6, 6.07) is 5.76. The van der Waals surface area contributed by atoms with Crippen LogP contribution in [-0.2, 0) is 4.79 Å². The number of rotatable bonds is 11. The Morgan fingerprint density at radius 2 is 1.97 bits per heavy atom. The average molecular weight is 483 g/mol. The van der Waals surface area contributed by atoms with Crippen LogP contribution >= 0.6 is 0 Å². The number of benzene rings is 1. The van der Waals surface area contributed by atoms with E-state index < -0.39 is 0 Å². The van der Waals surface area contributed by atoms with E-state index in [1.807, 2.05) is 29.5 Å². The number of fused-ring (bicyclic) bond motifs is 3. The molecule has 0 radical (unpaired) electrons. The molecule has 9 nitrogen and oxygen atoms in total. The van der Waals surface area contributed by atoms with Crippen molar-refractivity contribution in [3.63, 3.8) is 0 Å². The Kier molecular flexibility index (Phi) is 8.18. The summed E-state index contributed by atoms with van der Waals surface area (Å²) in [4.78, 5) is 20.0. The Balaban J connectivity index is 1.31. The Morgan fingerprint density at radius 1 is 1.20 bits per heavy atom. The second kappa shape index (κ2) is 11.3. The number of ketones is 1. The van der Waals surface area contributed by atoms with Crippen molar-refractivity contribution in [2.24, 2.45) is 5.92 Å². The molecule has 0 aliphatic carbocycles. The van der Waals surface area contributed by atoms with E-state index in [1.165, 1.54) is 0 Å². The number of likely N-dealkylation sites (tertiary alicyclic amines) is 1. The van der Waals surface area contributed by atoms with Gasteiger partial charge >= 0.3 is 0 Å². The van der Waals surface area contributed by atoms with E-state index in [0.717, 1.165) is 74.3 Å². The molecule has 1 aliphatic heterocycles. The molecule has 1 saturated heterocycles. The number of nitrogens with one attached hydrogen (secondary N) is 1. The Bertz CT molecular complexity index is 1150. The number of aliphatic hydroxyl groups is 1. The largest absolute Gasteiger partial charge is 0.497 e. The van der Waals surface area contributed by atoms with Crippen LogP contribution in [0.2, 0.25) is 0 Å². The predicted octanol–water partition coefficient (Wildman–Crippen LogP) is 3.62. The van der Waals surface area contributed by atoms with Crippen LogP contribution < -0.4 is 10.1 Å². The summed E-state index contributed by atoms with van der Waals surface area (Å²) in [6.07, 6.45) is 4.68. The molecule has 1 aliphatic rings. The summed E-state index contributed by atoms with van der Waals surface area (Å²) in [5, 5.41) is 21.8. The number of aliphatic hydroxyl groups excluding tert-OH is 1. The van der Waals surface area contributed by atoms with Crippen LogP contribution in [0.4, 0.5) is 5.82 Å². The van der Waals surface area contributed by atoms with Gasteiger partial charge in [-0.25, -0.2) is 4.98 Å². The third kappa shape index (κ3) is 5.73. The molecule has 0 unspecified atom stereocenters. The maximum absolute atomic E-state index is 13.0. The molecule has 0 bridgehead atoms. The maximum atomic E-state index is 13.0. The Morgan fingerprint density at radius 3 is 2.69 bits per heavy atom. The lowest BCUT2D eigenvalue weighted by Crippen LogP contribution is -2.49. The van der Waals surface area contributed by atoms with E-state index in [9.17, 15) is 9.90 Å². The molecular formula is C26H38N6O3. The van der Waals surface area contributed by atoms with Gasteiger partial charge in [0, 0.05) is 32.1 Å². The highest BCUT2D eigenvalue weighted by atomic mass is 16.5. The molecule has 3 aromatic rings. The van der Waals surface area contributed by atoms with Gasteiger partial charge in [-0.3, -0.25) is 14.1 Å². The molecule has 3 heterocycles. The SMILES string of the molecule is COc1ccc2c(c1)nc(NCCCCCC(=O)[C@H](C(C)C)N1CCC(O)CC1)c1nnc(C)n12. The normalized spacial score (nSPS) is 16.3. The molecule has 190 valence electrons. The van der Waals surface area contributed by atoms with Gasteiger partial charge in [-0.05, 0) is 50.7 Å². The van der Waals surface area contributed by atoms with Crippen molar-refractivity contribution in [2.45, 2.75) is 71.4 Å². The van der Waals surface area contributed by atoms with Crippen LogP contribution in [0.25, 0.3) is 16.7 Å². The first-order valence-electron chi connectivity index (χ1n) is 12.8. The first-order chi connectivity index (χ1) is 16.9. The summed E-state index contributed by atoms with van der Waals surface area (Å²) in [5.74, 6) is 2.88. The molecule has 1 atom stereocenters. The number of ether oxygens (including phenoxy) is 1. The van der Waals surface area contributed by atoms with Crippen molar-refractivity contribution >= 4 is 28.3 Å². The van der Waals surface area contributed by atoms with Crippen molar-refractivity contribution in [1.29, 1.82) is 0 Å². The molecule has 35 heavy (non-hydrogen) atoms. The van der Waals surface area contributed by atoms with Gasteiger partial charge < -0.3 is 15.2 Å². The molecule has 0 spiro atoms. The summed E-state index contributed by atoms with van der Waals surface area (Å²) in [7, 11) is 1.65. The zero-order valence-corrected chi connectivity index (χ0v) is 21.3. The number of nitrogens with zero attached hydrogens (tertiary/aromatic N) is 5. The Labute approximate surface area is 206 Å². The number of unbranched alkanes of at least 4 members (excludes halogenated alkanes) is 2. The van der Waals surface area contributed by atoms with Gasteiger partial charge in [-0.2, -0.15) is 0 Å². The van der Waals surface area contributed by atoms with Crippen LogP contribution in [0, 0.1) is 12.8 Å². The number of hydrogen-bond acceptors (Lipinski definition) is 8. The second-order valence-electron chi connectivity index (χ2n) is 9.88. The monoisotopic (exact) mass is 482 g/mol. The summed E-state index contributed by atoms with van der Waals surface area (Å²) in [6.45, 7) is 8.53. The highest BCUT2D eigenvalue weighted by Gasteiger charge is 2.30. The van der Waals surface area contributed by atoms with Crippen molar-refractivity contribution < 1.29 is 14.6 Å². The van der Waals surface area contributed by atoms with Gasteiger partial charge in [0.25, 0.3) is 0 Å². The number of Topliss-reactive ketones (excluding diaryl/α,β-unsaturated/α-hetero) is 1. The van der Waals surface area contributed by atoms with E-state index >= 15 is 0 Å². The second-order valence-corrected chi connectivity index (χ2v) is 9.88. The van der Waals surface area contributed by atoms with Crippen molar-refractivity contribution in [1.82, 2.24) is 24.5 Å². The van der Waals surface area contributed by atoms with Crippen LogP contribution in [0.5, 0.6) is 5.75 Å². The third-order valence-electron chi connectivity index (χ3n) is 6.94. The van der Waals surface area contributed by atoms with Gasteiger partial charge in [0.05, 0.1) is 30.3 Å². The number of aromatic nitrogens is 4. The number of piperidine rings is 1. The first kappa shape index (κ1) is 25.3. The minimum Gasteiger partial charge on any atom is -0.497 e. The molecule has 0 amide bonds. The van der Waals surface area contributed by atoms with E-state index in [-0.39, 0.29) is 18.1 Å². The minimum absolute atomic E-state index is 0.0381. The summed E-state index contributed by atoms with van der Waals surface area (Å²) in [5.41, 5.74) is 2.47. The molecule has 4 rings (SSSR count). The third-order valence-corrected chi connectivity index (χ3v) is 6.94. The van der Waals surface area contributed by atoms with E-state index in [0.29, 0.717) is 23.7 Å². The van der Waals surface area contributed by atoms with Crippen molar-refractivity contribution in [2.75, 3.05) is 32.1 Å². The number of aryl methyl sites for hydroxylation is 1. The van der Waals surface area contributed by atoms with Gasteiger partial charge in [0.15, 0.2) is 5.82 Å². The van der Waals surface area contributed by atoms with Crippen molar-refractivity contribution in [3.8, 4) is 5.75 Å². The molecule has 1 fully saturated rings. The number of carbonyl (C=O) groups excluding carboxylic acids is 1. The van der Waals surface area contributed by atoms with Crippen LogP contribution in [0.1, 0.15) is 58.2 Å². The molecule has 9 heteroatoms. The quantitative estimate of drug-likeness (QED) is 0.399. The van der Waals surface area contributed by atoms with Gasteiger partial charge in [0.2, 0.25) is 5.65 Å². The number of hydrogen-bond donors (Lipinski definition) is 2. The van der Waals surface area contributed by atoms with E-state index in [4.69, 9.17) is 9.72 Å². The average Bonchev–Trinajstić information content (AvgIpc) is 3.24. The lowest BCUT2D eigenvalue weighted by Gasteiger charge is -2.37. The predicted molar refractivity (Wildman–Crippen MR) is 137 cm³/mol.